The molecule has 0 aromatic heterocycles. The average molecular weight is 343 g/mol. The summed E-state index contributed by atoms with van der Waals surface area (Å²) in [5.41, 5.74) is 7.59. The molecule has 23 heavy (non-hydrogen) atoms. The van der Waals surface area contributed by atoms with Crippen molar-refractivity contribution < 1.29 is 14.3 Å². The Hall–Kier alpha value is -1.14. The summed E-state index contributed by atoms with van der Waals surface area (Å²) in [5, 5.41) is 3.02. The topological polar surface area (TPSA) is 73.6 Å². The highest BCUT2D eigenvalue weighted by molar-refractivity contribution is 5.85. The van der Waals surface area contributed by atoms with Crippen LogP contribution in [-0.4, -0.2) is 32.3 Å². The Morgan fingerprint density at radius 2 is 1.87 bits per heavy atom. The van der Waals surface area contributed by atoms with E-state index in [1.54, 1.807) is 0 Å². The van der Waals surface area contributed by atoms with Crippen molar-refractivity contribution in [3.8, 4) is 0 Å². The number of benzene rings is 1. The minimum absolute atomic E-state index is 0. The normalized spacial score (nSPS) is 16.4. The van der Waals surface area contributed by atoms with Crippen molar-refractivity contribution in [1.29, 1.82) is 0 Å². The van der Waals surface area contributed by atoms with E-state index in [0.29, 0.717) is 52.4 Å². The predicted molar refractivity (Wildman–Crippen MR) is 92.4 cm³/mol. The van der Waals surface area contributed by atoms with Crippen LogP contribution in [0.25, 0.3) is 0 Å². The summed E-state index contributed by atoms with van der Waals surface area (Å²) in [6, 6.07) is 8.11. The summed E-state index contributed by atoms with van der Waals surface area (Å²) in [6.45, 7) is 5.43. The quantitative estimate of drug-likeness (QED) is 0.795. The van der Waals surface area contributed by atoms with E-state index in [-0.39, 0.29) is 18.3 Å². The van der Waals surface area contributed by atoms with Crippen LogP contribution in [0.2, 0.25) is 0 Å². The summed E-state index contributed by atoms with van der Waals surface area (Å²) in [7, 11) is 0. The van der Waals surface area contributed by atoms with Gasteiger partial charge in [-0.1, -0.05) is 24.3 Å². The highest BCUT2D eigenvalue weighted by Crippen LogP contribution is 2.29. The molecule has 0 saturated carbocycles. The molecule has 2 rings (SSSR count). The minimum Gasteiger partial charge on any atom is -0.381 e. The Labute approximate surface area is 144 Å². The molecule has 0 unspecified atom stereocenters. The second-order valence-electron chi connectivity index (χ2n) is 5.73. The lowest BCUT2D eigenvalue weighted by atomic mass is 9.79. The molecule has 3 N–H and O–H groups in total. The fourth-order valence-corrected chi connectivity index (χ4v) is 2.63. The van der Waals surface area contributed by atoms with E-state index >= 15 is 0 Å². The Bertz CT molecular complexity index is 473. The fraction of sp³-hybridized carbons (Fsp3) is 0.588. The van der Waals surface area contributed by atoms with Crippen molar-refractivity contribution in [1.82, 2.24) is 5.32 Å². The van der Waals surface area contributed by atoms with Crippen LogP contribution in [0.4, 0.5) is 0 Å². The number of rotatable bonds is 7. The molecule has 0 aliphatic carbocycles. The molecule has 0 bridgehead atoms. The first-order valence-electron chi connectivity index (χ1n) is 7.92. The molecule has 1 aromatic carbocycles. The molecule has 1 saturated heterocycles. The van der Waals surface area contributed by atoms with Crippen molar-refractivity contribution in [2.24, 2.45) is 11.1 Å². The van der Waals surface area contributed by atoms with Gasteiger partial charge in [-0.05, 0) is 30.9 Å². The van der Waals surface area contributed by atoms with Gasteiger partial charge in [0.15, 0.2) is 0 Å². The van der Waals surface area contributed by atoms with Gasteiger partial charge in [0.25, 0.3) is 0 Å². The number of amides is 1. The number of nitrogens with two attached hydrogens (primary N) is 1. The van der Waals surface area contributed by atoms with Crippen molar-refractivity contribution in [2.75, 3.05) is 26.4 Å². The molecule has 1 amide bonds. The lowest BCUT2D eigenvalue weighted by Crippen LogP contribution is -2.48. The van der Waals surface area contributed by atoms with E-state index in [2.05, 4.69) is 5.32 Å². The molecule has 1 aliphatic rings. The van der Waals surface area contributed by atoms with Gasteiger partial charge in [0.1, 0.15) is 0 Å². The highest BCUT2D eigenvalue weighted by atomic mass is 35.5. The molecule has 6 heteroatoms. The third-order valence-electron chi connectivity index (χ3n) is 4.27. The SMILES string of the molecule is CCOCc1ccc(CNC(=O)C2(CN)CCOCC2)cc1.Cl. The van der Waals surface area contributed by atoms with Crippen LogP contribution in [-0.2, 0) is 27.4 Å². The van der Waals surface area contributed by atoms with Crippen LogP contribution >= 0.6 is 12.4 Å². The fourth-order valence-electron chi connectivity index (χ4n) is 2.63. The maximum Gasteiger partial charge on any atom is 0.227 e. The first-order chi connectivity index (χ1) is 10.7. The van der Waals surface area contributed by atoms with Crippen LogP contribution in [0.3, 0.4) is 0 Å². The van der Waals surface area contributed by atoms with Crippen molar-refractivity contribution in [2.45, 2.75) is 32.9 Å². The van der Waals surface area contributed by atoms with Crippen LogP contribution in [0.1, 0.15) is 30.9 Å². The Balaban J connectivity index is 0.00000264. The van der Waals surface area contributed by atoms with Crippen LogP contribution < -0.4 is 11.1 Å². The number of halogens is 1. The standard InChI is InChI=1S/C17H26N2O3.ClH/c1-2-21-12-15-5-3-14(4-6-15)11-19-16(20)17(13-18)7-9-22-10-8-17;/h3-6H,2,7-13,18H2,1H3,(H,19,20);1H. The largest absolute Gasteiger partial charge is 0.381 e. The van der Waals surface area contributed by atoms with Gasteiger partial charge in [-0.25, -0.2) is 0 Å². The van der Waals surface area contributed by atoms with Crippen LogP contribution in [0.15, 0.2) is 24.3 Å². The Kier molecular flexibility index (Phi) is 8.55. The van der Waals surface area contributed by atoms with E-state index in [9.17, 15) is 4.79 Å². The lowest BCUT2D eigenvalue weighted by Gasteiger charge is -2.34. The van der Waals surface area contributed by atoms with Gasteiger partial charge in [0.2, 0.25) is 5.91 Å². The van der Waals surface area contributed by atoms with Crippen molar-refractivity contribution in [3.05, 3.63) is 35.4 Å². The minimum atomic E-state index is -0.465. The van der Waals surface area contributed by atoms with E-state index in [1.165, 1.54) is 0 Å². The lowest BCUT2D eigenvalue weighted by molar-refractivity contribution is -0.136. The Morgan fingerprint density at radius 1 is 1.26 bits per heavy atom. The molecule has 0 radical (unpaired) electrons. The molecule has 130 valence electrons. The molecule has 1 heterocycles. The number of hydrogen-bond acceptors (Lipinski definition) is 4. The Morgan fingerprint density at radius 3 is 2.43 bits per heavy atom. The zero-order chi connectivity index (χ0) is 15.8. The zero-order valence-corrected chi connectivity index (χ0v) is 14.5. The molecule has 1 aromatic rings. The van der Waals surface area contributed by atoms with E-state index in [4.69, 9.17) is 15.2 Å². The number of hydrogen-bond donors (Lipinski definition) is 2. The maximum absolute atomic E-state index is 12.5. The van der Waals surface area contributed by atoms with E-state index in [0.717, 1.165) is 11.1 Å². The van der Waals surface area contributed by atoms with Crippen molar-refractivity contribution >= 4 is 18.3 Å². The zero-order valence-electron chi connectivity index (χ0n) is 13.7. The van der Waals surface area contributed by atoms with Gasteiger partial charge < -0.3 is 20.5 Å². The summed E-state index contributed by atoms with van der Waals surface area (Å²) < 4.78 is 10.7. The maximum atomic E-state index is 12.5. The number of carbonyl (C=O) groups is 1. The third kappa shape index (κ3) is 5.46. The van der Waals surface area contributed by atoms with E-state index in [1.807, 2.05) is 31.2 Å². The molecule has 5 nitrogen and oxygen atoms in total. The monoisotopic (exact) mass is 342 g/mol. The second-order valence-corrected chi connectivity index (χ2v) is 5.73. The first kappa shape index (κ1) is 19.9. The molecule has 1 fully saturated rings. The molecule has 1 aliphatic heterocycles. The van der Waals surface area contributed by atoms with Gasteiger partial charge in [0, 0.05) is 32.9 Å². The summed E-state index contributed by atoms with van der Waals surface area (Å²) in [6.07, 6.45) is 1.39. The smallest absolute Gasteiger partial charge is 0.227 e. The molecular weight excluding hydrogens is 316 g/mol. The van der Waals surface area contributed by atoms with Crippen LogP contribution in [0, 0.1) is 5.41 Å². The number of nitrogens with one attached hydrogen (secondary N) is 1. The number of ether oxygens (including phenoxy) is 2. The van der Waals surface area contributed by atoms with Crippen LogP contribution in [0.5, 0.6) is 0 Å². The van der Waals surface area contributed by atoms with Gasteiger partial charge in [-0.15, -0.1) is 12.4 Å². The van der Waals surface area contributed by atoms with Gasteiger partial charge >= 0.3 is 0 Å². The second kappa shape index (κ2) is 9.88. The highest BCUT2D eigenvalue weighted by Gasteiger charge is 2.38. The summed E-state index contributed by atoms with van der Waals surface area (Å²) >= 11 is 0. The first-order valence-corrected chi connectivity index (χ1v) is 7.92. The molecular formula is C17H27ClN2O3. The van der Waals surface area contributed by atoms with Gasteiger partial charge in [-0.3, -0.25) is 4.79 Å². The van der Waals surface area contributed by atoms with E-state index < -0.39 is 5.41 Å². The summed E-state index contributed by atoms with van der Waals surface area (Å²) in [5.74, 6) is 0.0386. The predicted octanol–water partition coefficient (Wildman–Crippen LogP) is 2.02. The summed E-state index contributed by atoms with van der Waals surface area (Å²) in [4.78, 5) is 12.5. The number of carbonyl (C=O) groups excluding carboxylic acids is 1. The van der Waals surface area contributed by atoms with Gasteiger partial charge in [0.05, 0.1) is 12.0 Å². The third-order valence-corrected chi connectivity index (χ3v) is 4.27. The van der Waals surface area contributed by atoms with Crippen molar-refractivity contribution in [3.63, 3.8) is 0 Å². The molecule has 0 atom stereocenters. The average Bonchev–Trinajstić information content (AvgIpc) is 2.59. The van der Waals surface area contributed by atoms with Gasteiger partial charge in [-0.2, -0.15) is 0 Å². The molecule has 0 spiro atoms.